The standard InChI is InChI=1S/C12H7F5N2O/c13-11(14)20-10-9(7-1-3-18-4-2-7)5-8(6-19-10)12(15,16)17/h1-6,11H. The molecule has 8 heteroatoms. The third-order valence-corrected chi connectivity index (χ3v) is 2.37. The van der Waals surface area contributed by atoms with Crippen molar-refractivity contribution in [2.45, 2.75) is 12.8 Å². The molecule has 0 unspecified atom stereocenters. The van der Waals surface area contributed by atoms with Crippen molar-refractivity contribution in [3.63, 3.8) is 0 Å². The number of rotatable bonds is 3. The molecule has 0 atom stereocenters. The first kappa shape index (κ1) is 14.2. The molecule has 0 aliphatic carbocycles. The summed E-state index contributed by atoms with van der Waals surface area (Å²) in [6.45, 7) is -3.18. The Labute approximate surface area is 110 Å². The molecule has 0 saturated heterocycles. The number of ether oxygens (including phenoxy) is 1. The van der Waals surface area contributed by atoms with Crippen molar-refractivity contribution in [2.75, 3.05) is 0 Å². The van der Waals surface area contributed by atoms with E-state index in [-0.39, 0.29) is 11.1 Å². The summed E-state index contributed by atoms with van der Waals surface area (Å²) in [6.07, 6.45) is -1.54. The van der Waals surface area contributed by atoms with Crippen LogP contribution in [0.3, 0.4) is 0 Å². The second-order valence-corrected chi connectivity index (χ2v) is 3.69. The maximum absolute atomic E-state index is 12.6. The van der Waals surface area contributed by atoms with Gasteiger partial charge in [0.05, 0.1) is 5.56 Å². The average molecular weight is 290 g/mol. The highest BCUT2D eigenvalue weighted by Crippen LogP contribution is 2.35. The van der Waals surface area contributed by atoms with Gasteiger partial charge < -0.3 is 4.74 Å². The molecule has 0 aliphatic heterocycles. The zero-order valence-corrected chi connectivity index (χ0v) is 9.73. The predicted molar refractivity (Wildman–Crippen MR) is 59.1 cm³/mol. The number of nitrogens with zero attached hydrogens (tertiary/aromatic N) is 2. The Hall–Kier alpha value is -2.25. The lowest BCUT2D eigenvalue weighted by Crippen LogP contribution is -2.09. The molecule has 0 amide bonds. The number of pyridine rings is 2. The SMILES string of the molecule is FC(F)Oc1ncc(C(F)(F)F)cc1-c1ccncc1. The van der Waals surface area contributed by atoms with Crippen LogP contribution >= 0.6 is 0 Å². The van der Waals surface area contributed by atoms with Gasteiger partial charge in [-0.05, 0) is 23.8 Å². The fourth-order valence-corrected chi connectivity index (χ4v) is 1.52. The summed E-state index contributed by atoms with van der Waals surface area (Å²) in [5.41, 5.74) is -0.984. The molecule has 2 rings (SSSR count). The normalized spacial score (nSPS) is 11.7. The van der Waals surface area contributed by atoms with Crippen LogP contribution in [0.2, 0.25) is 0 Å². The maximum Gasteiger partial charge on any atom is 0.417 e. The number of aromatic nitrogens is 2. The smallest absolute Gasteiger partial charge is 0.416 e. The Morgan fingerprint density at radius 1 is 1.10 bits per heavy atom. The van der Waals surface area contributed by atoms with Gasteiger partial charge in [0.1, 0.15) is 0 Å². The van der Waals surface area contributed by atoms with Crippen LogP contribution in [0, 0.1) is 0 Å². The molecule has 20 heavy (non-hydrogen) atoms. The number of hydrogen-bond donors (Lipinski definition) is 0. The Kier molecular flexibility index (Phi) is 3.82. The Bertz CT molecular complexity index is 586. The molecule has 2 aromatic heterocycles. The highest BCUT2D eigenvalue weighted by Gasteiger charge is 2.32. The Morgan fingerprint density at radius 2 is 1.75 bits per heavy atom. The minimum Gasteiger partial charge on any atom is -0.416 e. The van der Waals surface area contributed by atoms with Gasteiger partial charge in [-0.2, -0.15) is 22.0 Å². The van der Waals surface area contributed by atoms with Crippen LogP contribution in [0.25, 0.3) is 11.1 Å². The van der Waals surface area contributed by atoms with E-state index in [0.29, 0.717) is 12.3 Å². The highest BCUT2D eigenvalue weighted by molar-refractivity contribution is 5.68. The van der Waals surface area contributed by atoms with E-state index in [9.17, 15) is 22.0 Å². The Morgan fingerprint density at radius 3 is 2.30 bits per heavy atom. The van der Waals surface area contributed by atoms with Crippen molar-refractivity contribution < 1.29 is 26.7 Å². The summed E-state index contributed by atoms with van der Waals surface area (Å²) < 4.78 is 66.6. The monoisotopic (exact) mass is 290 g/mol. The molecule has 2 heterocycles. The Balaban J connectivity index is 2.54. The van der Waals surface area contributed by atoms with E-state index in [0.717, 1.165) is 0 Å². The van der Waals surface area contributed by atoms with Crippen LogP contribution in [0.4, 0.5) is 22.0 Å². The van der Waals surface area contributed by atoms with E-state index in [4.69, 9.17) is 0 Å². The van der Waals surface area contributed by atoms with Crippen molar-refractivity contribution >= 4 is 0 Å². The van der Waals surface area contributed by atoms with Crippen LogP contribution < -0.4 is 4.74 Å². The third-order valence-electron chi connectivity index (χ3n) is 2.37. The van der Waals surface area contributed by atoms with Crippen molar-refractivity contribution in [2.24, 2.45) is 0 Å². The van der Waals surface area contributed by atoms with Gasteiger partial charge in [-0.25, -0.2) is 4.98 Å². The molecule has 0 spiro atoms. The molecule has 2 aromatic rings. The lowest BCUT2D eigenvalue weighted by atomic mass is 10.1. The van der Waals surface area contributed by atoms with Gasteiger partial charge >= 0.3 is 12.8 Å². The maximum atomic E-state index is 12.6. The molecule has 0 N–H and O–H groups in total. The minimum absolute atomic E-state index is 0.178. The molecule has 0 aromatic carbocycles. The van der Waals surface area contributed by atoms with Crippen LogP contribution in [-0.4, -0.2) is 16.6 Å². The zero-order chi connectivity index (χ0) is 14.8. The van der Waals surface area contributed by atoms with Crippen molar-refractivity contribution in [1.82, 2.24) is 9.97 Å². The van der Waals surface area contributed by atoms with Gasteiger partial charge in [0.25, 0.3) is 0 Å². The molecule has 0 aliphatic rings. The lowest BCUT2D eigenvalue weighted by Gasteiger charge is -2.13. The first-order chi connectivity index (χ1) is 9.38. The second kappa shape index (κ2) is 5.40. The van der Waals surface area contributed by atoms with Gasteiger partial charge in [-0.3, -0.25) is 4.98 Å². The largest absolute Gasteiger partial charge is 0.417 e. The van der Waals surface area contributed by atoms with E-state index < -0.39 is 24.2 Å². The van der Waals surface area contributed by atoms with E-state index in [1.165, 1.54) is 24.5 Å². The number of halogens is 5. The minimum atomic E-state index is -4.63. The number of hydrogen-bond acceptors (Lipinski definition) is 3. The summed E-state index contributed by atoms with van der Waals surface area (Å²) in [5.74, 6) is -0.570. The summed E-state index contributed by atoms with van der Waals surface area (Å²) in [6, 6.07) is 3.45. The third kappa shape index (κ3) is 3.19. The fraction of sp³-hybridized carbons (Fsp3) is 0.167. The fourth-order valence-electron chi connectivity index (χ4n) is 1.52. The second-order valence-electron chi connectivity index (χ2n) is 3.69. The highest BCUT2D eigenvalue weighted by atomic mass is 19.4. The van der Waals surface area contributed by atoms with E-state index >= 15 is 0 Å². The summed E-state index contributed by atoms with van der Waals surface area (Å²) in [4.78, 5) is 7.02. The molecule has 0 fully saturated rings. The van der Waals surface area contributed by atoms with Crippen molar-refractivity contribution in [1.29, 1.82) is 0 Å². The van der Waals surface area contributed by atoms with Gasteiger partial charge in [0, 0.05) is 24.2 Å². The van der Waals surface area contributed by atoms with Crippen LogP contribution in [0.15, 0.2) is 36.8 Å². The molecule has 3 nitrogen and oxygen atoms in total. The van der Waals surface area contributed by atoms with Crippen molar-refractivity contribution in [3.8, 4) is 17.0 Å². The topological polar surface area (TPSA) is 35.0 Å². The van der Waals surface area contributed by atoms with Gasteiger partial charge in [0.2, 0.25) is 5.88 Å². The number of alkyl halides is 5. The quantitative estimate of drug-likeness (QED) is 0.807. The lowest BCUT2D eigenvalue weighted by molar-refractivity contribution is -0.137. The van der Waals surface area contributed by atoms with E-state index in [1.807, 2.05) is 0 Å². The summed E-state index contributed by atoms with van der Waals surface area (Å²) in [7, 11) is 0. The average Bonchev–Trinajstić information content (AvgIpc) is 2.38. The van der Waals surface area contributed by atoms with Crippen LogP contribution in [-0.2, 0) is 6.18 Å². The molecular weight excluding hydrogens is 283 g/mol. The molecule has 0 bridgehead atoms. The molecule has 0 radical (unpaired) electrons. The predicted octanol–water partition coefficient (Wildman–Crippen LogP) is 3.76. The molecule has 0 saturated carbocycles. The van der Waals surface area contributed by atoms with Crippen molar-refractivity contribution in [3.05, 3.63) is 42.4 Å². The zero-order valence-electron chi connectivity index (χ0n) is 9.73. The van der Waals surface area contributed by atoms with Crippen LogP contribution in [0.5, 0.6) is 5.88 Å². The van der Waals surface area contributed by atoms with Gasteiger partial charge in [-0.15, -0.1) is 0 Å². The van der Waals surface area contributed by atoms with Gasteiger partial charge in [0.15, 0.2) is 0 Å². The first-order valence-corrected chi connectivity index (χ1v) is 5.30. The van der Waals surface area contributed by atoms with E-state index in [1.54, 1.807) is 0 Å². The molecule has 106 valence electrons. The first-order valence-electron chi connectivity index (χ1n) is 5.30. The van der Waals surface area contributed by atoms with Crippen LogP contribution in [0.1, 0.15) is 5.56 Å². The van der Waals surface area contributed by atoms with Gasteiger partial charge in [-0.1, -0.05) is 0 Å². The molecular formula is C12H7F5N2O. The van der Waals surface area contributed by atoms with E-state index in [2.05, 4.69) is 14.7 Å². The summed E-state index contributed by atoms with van der Waals surface area (Å²) >= 11 is 0. The summed E-state index contributed by atoms with van der Waals surface area (Å²) in [5, 5.41) is 0.